The lowest BCUT2D eigenvalue weighted by molar-refractivity contribution is -0.127. The fraction of sp³-hybridized carbons (Fsp3) is 0.452. The predicted octanol–water partition coefficient (Wildman–Crippen LogP) is 3.39. The predicted molar refractivity (Wildman–Crippen MR) is 160 cm³/mol. The molecule has 5 heterocycles. The van der Waals surface area contributed by atoms with Crippen LogP contribution in [0, 0.1) is 28.6 Å². The second kappa shape index (κ2) is 10.8. The Balaban J connectivity index is 1.22. The normalized spacial score (nSPS) is 17.4. The molecule has 11 nitrogen and oxygen atoms in total. The van der Waals surface area contributed by atoms with E-state index in [-0.39, 0.29) is 17.4 Å². The Bertz CT molecular complexity index is 1550. The van der Waals surface area contributed by atoms with Gasteiger partial charge in [-0.05, 0) is 32.6 Å². The first-order valence-electron chi connectivity index (χ1n) is 14.2. The highest BCUT2D eigenvalue weighted by molar-refractivity contribution is 5.91. The minimum absolute atomic E-state index is 0.182. The first-order chi connectivity index (χ1) is 20.1. The molecule has 0 atom stereocenters. The van der Waals surface area contributed by atoms with E-state index in [1.807, 2.05) is 68.9 Å². The molecule has 1 aromatic carbocycles. The second-order valence-electron chi connectivity index (χ2n) is 12.4. The van der Waals surface area contributed by atoms with Crippen LogP contribution in [-0.4, -0.2) is 88.3 Å². The number of nitrogens with zero attached hydrogens (tertiary/aromatic N) is 6. The molecule has 3 aromatic rings. The minimum atomic E-state index is -0.521. The Morgan fingerprint density at radius 1 is 1.17 bits per heavy atom. The van der Waals surface area contributed by atoms with Crippen LogP contribution in [0.5, 0.6) is 0 Å². The molecule has 0 unspecified atom stereocenters. The zero-order valence-electron chi connectivity index (χ0n) is 24.5. The molecule has 1 amide bonds. The summed E-state index contributed by atoms with van der Waals surface area (Å²) in [5.41, 5.74) is 2.16. The van der Waals surface area contributed by atoms with Crippen molar-refractivity contribution < 1.29 is 14.3 Å². The molecule has 0 radical (unpaired) electrons. The van der Waals surface area contributed by atoms with Crippen LogP contribution < -0.4 is 10.2 Å². The third-order valence-electron chi connectivity index (χ3n) is 7.64. The zero-order chi connectivity index (χ0) is 29.5. The Kier molecular flexibility index (Phi) is 7.10. The van der Waals surface area contributed by atoms with Gasteiger partial charge in [-0.1, -0.05) is 30.3 Å². The van der Waals surface area contributed by atoms with Crippen molar-refractivity contribution in [1.82, 2.24) is 24.4 Å². The van der Waals surface area contributed by atoms with Crippen LogP contribution in [0.2, 0.25) is 0 Å². The van der Waals surface area contributed by atoms with E-state index in [2.05, 4.69) is 22.1 Å². The number of benzene rings is 1. The number of imidazole rings is 1. The Morgan fingerprint density at radius 2 is 1.90 bits per heavy atom. The van der Waals surface area contributed by atoms with Crippen molar-refractivity contribution in [2.45, 2.75) is 26.4 Å². The van der Waals surface area contributed by atoms with Gasteiger partial charge < -0.3 is 34.6 Å². The van der Waals surface area contributed by atoms with Crippen molar-refractivity contribution in [2.24, 2.45) is 18.4 Å². The maximum absolute atomic E-state index is 12.3. The molecular weight excluding hydrogens is 532 g/mol. The van der Waals surface area contributed by atoms with Gasteiger partial charge in [-0.15, -0.1) is 0 Å². The van der Waals surface area contributed by atoms with E-state index in [1.165, 1.54) is 6.21 Å². The summed E-state index contributed by atoms with van der Waals surface area (Å²) in [5.74, 6) is 8.72. The highest BCUT2D eigenvalue weighted by Crippen LogP contribution is 2.41. The third-order valence-corrected chi connectivity index (χ3v) is 7.64. The van der Waals surface area contributed by atoms with Crippen LogP contribution in [0.25, 0.3) is 11.3 Å². The molecule has 0 bridgehead atoms. The first-order valence-corrected chi connectivity index (χ1v) is 14.2. The van der Waals surface area contributed by atoms with E-state index in [0.717, 1.165) is 37.6 Å². The SMILES string of the molecule is Cn1cc(-c2ccccc2)nc1C#Cc1nc(NCC2CN(C(=O)OC(C)(C)C)C2)c(C=N)c(N2CC3(COC3)C2)n1. The quantitative estimate of drug-likeness (QED) is 0.343. The van der Waals surface area contributed by atoms with Crippen molar-refractivity contribution in [3.63, 3.8) is 0 Å². The zero-order valence-corrected chi connectivity index (χ0v) is 24.5. The van der Waals surface area contributed by atoms with Crippen LogP contribution in [0.4, 0.5) is 16.4 Å². The maximum atomic E-state index is 12.3. The number of likely N-dealkylation sites (tertiary alicyclic amines) is 1. The van der Waals surface area contributed by atoms with E-state index in [9.17, 15) is 4.79 Å². The van der Waals surface area contributed by atoms with Gasteiger partial charge in [0.25, 0.3) is 0 Å². The van der Waals surface area contributed by atoms with E-state index in [4.69, 9.17) is 29.8 Å². The molecule has 42 heavy (non-hydrogen) atoms. The molecule has 1 spiro atoms. The number of hydrogen-bond donors (Lipinski definition) is 2. The standard InChI is InChI=1S/C31H36N8O3/c1-30(2,3)42-29(40)38-14-21(15-38)13-33-27-23(12-32)28(39-17-31(18-39)19-41-20-31)36-25(35-27)10-11-26-34-24(16-37(26)4)22-8-6-5-7-9-22/h5-9,12,16,21,32H,13-15,17-20H2,1-4H3,(H,33,35,36). The molecular formula is C31H36N8O3. The number of ether oxygens (including phenoxy) is 2. The van der Waals surface area contributed by atoms with Gasteiger partial charge in [0.05, 0.1) is 29.9 Å². The van der Waals surface area contributed by atoms with E-state index >= 15 is 0 Å². The summed E-state index contributed by atoms with van der Waals surface area (Å²) in [6, 6.07) is 9.98. The first kappa shape index (κ1) is 27.7. The highest BCUT2D eigenvalue weighted by Gasteiger charge is 2.50. The second-order valence-corrected chi connectivity index (χ2v) is 12.4. The smallest absolute Gasteiger partial charge is 0.410 e. The molecule has 0 saturated carbocycles. The van der Waals surface area contributed by atoms with Crippen molar-refractivity contribution in [1.29, 1.82) is 5.41 Å². The van der Waals surface area contributed by atoms with Gasteiger partial charge >= 0.3 is 6.09 Å². The molecule has 3 aliphatic rings. The number of anilines is 2. The van der Waals surface area contributed by atoms with Gasteiger partial charge in [-0.2, -0.15) is 0 Å². The Labute approximate surface area is 245 Å². The summed E-state index contributed by atoms with van der Waals surface area (Å²) in [4.78, 5) is 30.4. The monoisotopic (exact) mass is 568 g/mol. The number of amides is 1. The Morgan fingerprint density at radius 3 is 2.55 bits per heavy atom. The average molecular weight is 569 g/mol. The number of nitrogens with one attached hydrogen (secondary N) is 2. The lowest BCUT2D eigenvalue weighted by Crippen LogP contribution is -2.66. The topological polar surface area (TPSA) is 121 Å². The molecule has 0 aliphatic carbocycles. The van der Waals surface area contributed by atoms with E-state index in [0.29, 0.717) is 48.5 Å². The van der Waals surface area contributed by atoms with Crippen LogP contribution in [-0.2, 0) is 16.5 Å². The number of aryl methyl sites for hydroxylation is 1. The molecule has 3 saturated heterocycles. The summed E-state index contributed by atoms with van der Waals surface area (Å²) >= 11 is 0. The van der Waals surface area contributed by atoms with Gasteiger partial charge in [0.2, 0.25) is 5.82 Å². The molecule has 3 aliphatic heterocycles. The minimum Gasteiger partial charge on any atom is -0.444 e. The highest BCUT2D eigenvalue weighted by atomic mass is 16.6. The summed E-state index contributed by atoms with van der Waals surface area (Å²) in [6.45, 7) is 10.6. The fourth-order valence-corrected chi connectivity index (χ4v) is 5.37. The lowest BCUT2D eigenvalue weighted by atomic mass is 9.78. The summed E-state index contributed by atoms with van der Waals surface area (Å²) < 4.78 is 12.8. The van der Waals surface area contributed by atoms with E-state index < -0.39 is 5.60 Å². The maximum Gasteiger partial charge on any atom is 0.410 e. The number of carbonyl (C=O) groups excluding carboxylic acids is 1. The third kappa shape index (κ3) is 5.67. The van der Waals surface area contributed by atoms with Gasteiger partial charge in [-0.3, -0.25) is 0 Å². The molecule has 218 valence electrons. The number of hydrogen-bond acceptors (Lipinski definition) is 9. The summed E-state index contributed by atoms with van der Waals surface area (Å²) in [6.07, 6.45) is 2.96. The van der Waals surface area contributed by atoms with Crippen LogP contribution in [0.15, 0.2) is 36.5 Å². The van der Waals surface area contributed by atoms with Crippen LogP contribution in [0.3, 0.4) is 0 Å². The number of aromatic nitrogens is 4. The van der Waals surface area contributed by atoms with Gasteiger partial charge in [0.1, 0.15) is 17.2 Å². The number of carbonyl (C=O) groups is 1. The van der Waals surface area contributed by atoms with E-state index in [1.54, 1.807) is 4.90 Å². The molecule has 3 fully saturated rings. The van der Waals surface area contributed by atoms with Gasteiger partial charge in [0, 0.05) is 63.7 Å². The van der Waals surface area contributed by atoms with Crippen molar-refractivity contribution in [3.8, 4) is 23.1 Å². The van der Waals surface area contributed by atoms with Crippen LogP contribution in [0.1, 0.15) is 38.0 Å². The van der Waals surface area contributed by atoms with Crippen LogP contribution >= 0.6 is 0 Å². The number of rotatable bonds is 6. The van der Waals surface area contributed by atoms with Crippen molar-refractivity contribution in [3.05, 3.63) is 53.7 Å². The summed E-state index contributed by atoms with van der Waals surface area (Å²) in [5, 5.41) is 11.6. The molecule has 2 N–H and O–H groups in total. The largest absolute Gasteiger partial charge is 0.444 e. The Hall–Kier alpha value is -4.43. The fourth-order valence-electron chi connectivity index (χ4n) is 5.37. The average Bonchev–Trinajstić information content (AvgIpc) is 3.24. The van der Waals surface area contributed by atoms with Crippen molar-refractivity contribution in [2.75, 3.05) is 56.2 Å². The summed E-state index contributed by atoms with van der Waals surface area (Å²) in [7, 11) is 1.92. The van der Waals surface area contributed by atoms with Gasteiger partial charge in [-0.25, -0.2) is 19.7 Å². The molecule has 6 rings (SSSR count). The van der Waals surface area contributed by atoms with Gasteiger partial charge in [0.15, 0.2) is 5.82 Å². The molecule has 2 aromatic heterocycles. The lowest BCUT2D eigenvalue weighted by Gasteiger charge is -2.55. The molecule has 11 heteroatoms. The van der Waals surface area contributed by atoms with Crippen molar-refractivity contribution >= 4 is 23.9 Å².